The van der Waals surface area contributed by atoms with Gasteiger partial charge in [-0.15, -0.1) is 0 Å². The lowest BCUT2D eigenvalue weighted by molar-refractivity contribution is 0.0989. The number of fused-ring (bicyclic) bond motifs is 1. The standard InChI is InChI=1S/C25H22ClN5O2/c1-15(2)30-23-21(28-24(30)19-6-4-5-13-27-19)25(33)31(18-11-12-20(32)29(3)14-18)22(23)16-7-9-17(26)10-8-16/h4-15,22H,1-3H3. The Morgan fingerprint density at radius 3 is 2.39 bits per heavy atom. The average molecular weight is 460 g/mol. The number of hydrogen-bond donors (Lipinski definition) is 0. The van der Waals surface area contributed by atoms with Crippen LogP contribution in [-0.4, -0.2) is 25.0 Å². The maximum Gasteiger partial charge on any atom is 0.279 e. The highest BCUT2D eigenvalue weighted by Crippen LogP contribution is 2.44. The zero-order valence-corrected chi connectivity index (χ0v) is 19.2. The molecule has 0 bridgehead atoms. The van der Waals surface area contributed by atoms with Gasteiger partial charge < -0.3 is 9.13 Å². The van der Waals surface area contributed by atoms with Gasteiger partial charge in [0.2, 0.25) is 5.56 Å². The summed E-state index contributed by atoms with van der Waals surface area (Å²) in [4.78, 5) is 36.7. The van der Waals surface area contributed by atoms with E-state index >= 15 is 0 Å². The predicted octanol–water partition coefficient (Wildman–Crippen LogP) is 4.63. The van der Waals surface area contributed by atoms with Gasteiger partial charge in [0.05, 0.1) is 11.4 Å². The molecule has 4 aromatic rings. The van der Waals surface area contributed by atoms with Crippen LogP contribution in [-0.2, 0) is 7.05 Å². The van der Waals surface area contributed by atoms with Crippen LogP contribution < -0.4 is 10.5 Å². The van der Waals surface area contributed by atoms with Crippen molar-refractivity contribution in [2.75, 3.05) is 4.90 Å². The normalized spacial score (nSPS) is 15.4. The molecule has 0 saturated carbocycles. The quantitative estimate of drug-likeness (QED) is 0.446. The molecule has 166 valence electrons. The van der Waals surface area contributed by atoms with E-state index in [4.69, 9.17) is 16.6 Å². The summed E-state index contributed by atoms with van der Waals surface area (Å²) in [6, 6.07) is 15.8. The minimum Gasteiger partial charge on any atom is -0.321 e. The third kappa shape index (κ3) is 3.45. The Morgan fingerprint density at radius 2 is 1.76 bits per heavy atom. The summed E-state index contributed by atoms with van der Waals surface area (Å²) in [7, 11) is 1.67. The van der Waals surface area contributed by atoms with Crippen molar-refractivity contribution >= 4 is 23.2 Å². The van der Waals surface area contributed by atoms with E-state index in [-0.39, 0.29) is 17.5 Å². The van der Waals surface area contributed by atoms with Crippen molar-refractivity contribution in [3.8, 4) is 11.5 Å². The number of aryl methyl sites for hydroxylation is 1. The molecule has 1 amide bonds. The van der Waals surface area contributed by atoms with E-state index in [0.29, 0.717) is 27.9 Å². The molecule has 1 atom stereocenters. The van der Waals surface area contributed by atoms with Crippen LogP contribution in [0.3, 0.4) is 0 Å². The van der Waals surface area contributed by atoms with Crippen molar-refractivity contribution in [2.45, 2.75) is 25.9 Å². The Balaban J connectivity index is 1.78. The molecule has 0 N–H and O–H groups in total. The topological polar surface area (TPSA) is 73.0 Å². The van der Waals surface area contributed by atoms with Gasteiger partial charge in [-0.25, -0.2) is 4.98 Å². The Kier molecular flexibility index (Phi) is 5.13. The minimum absolute atomic E-state index is 0.0286. The number of carbonyl (C=O) groups excluding carboxylic acids is 1. The summed E-state index contributed by atoms with van der Waals surface area (Å²) in [5.41, 5.74) is 3.26. The summed E-state index contributed by atoms with van der Waals surface area (Å²) in [6.07, 6.45) is 3.39. The van der Waals surface area contributed by atoms with Crippen LogP contribution in [0.4, 0.5) is 5.69 Å². The van der Waals surface area contributed by atoms with Gasteiger partial charge in [0.25, 0.3) is 5.91 Å². The summed E-state index contributed by atoms with van der Waals surface area (Å²) >= 11 is 6.16. The van der Waals surface area contributed by atoms with E-state index < -0.39 is 6.04 Å². The highest BCUT2D eigenvalue weighted by atomic mass is 35.5. The Morgan fingerprint density at radius 1 is 1.00 bits per heavy atom. The van der Waals surface area contributed by atoms with Crippen LogP contribution >= 0.6 is 11.6 Å². The molecule has 1 aromatic carbocycles. The zero-order chi connectivity index (χ0) is 23.3. The first-order valence-electron chi connectivity index (χ1n) is 10.7. The van der Waals surface area contributed by atoms with Crippen molar-refractivity contribution in [3.63, 3.8) is 0 Å². The van der Waals surface area contributed by atoms with Crippen LogP contribution in [0, 0.1) is 0 Å². The fraction of sp³-hybridized carbons (Fsp3) is 0.200. The maximum atomic E-state index is 13.8. The number of imidazole rings is 1. The van der Waals surface area contributed by atoms with E-state index in [9.17, 15) is 9.59 Å². The molecule has 1 unspecified atom stereocenters. The minimum atomic E-state index is -0.436. The molecule has 0 fully saturated rings. The number of carbonyl (C=O) groups is 1. The molecule has 4 heterocycles. The van der Waals surface area contributed by atoms with E-state index in [1.807, 2.05) is 42.5 Å². The van der Waals surface area contributed by atoms with Gasteiger partial charge in [-0.2, -0.15) is 0 Å². The molecular formula is C25H22ClN5O2. The number of anilines is 1. The lowest BCUT2D eigenvalue weighted by Gasteiger charge is -2.28. The van der Waals surface area contributed by atoms with E-state index in [1.54, 1.807) is 30.4 Å². The highest BCUT2D eigenvalue weighted by molar-refractivity contribution is 6.30. The number of pyridine rings is 2. The van der Waals surface area contributed by atoms with Gasteiger partial charge in [0, 0.05) is 36.6 Å². The zero-order valence-electron chi connectivity index (χ0n) is 18.4. The lowest BCUT2D eigenvalue weighted by atomic mass is 10.0. The molecule has 33 heavy (non-hydrogen) atoms. The maximum absolute atomic E-state index is 13.8. The first kappa shape index (κ1) is 21.2. The molecule has 3 aromatic heterocycles. The summed E-state index contributed by atoms with van der Waals surface area (Å²) in [6.45, 7) is 4.12. The number of nitrogens with zero attached hydrogens (tertiary/aromatic N) is 5. The molecule has 0 aliphatic carbocycles. The SMILES string of the molecule is CC(C)n1c(-c2ccccn2)nc2c1C(c1ccc(Cl)cc1)N(c1ccc(=O)n(C)c1)C2=O. The van der Waals surface area contributed by atoms with Crippen molar-refractivity contribution in [2.24, 2.45) is 7.05 Å². The fourth-order valence-electron chi connectivity index (χ4n) is 4.36. The third-order valence-corrected chi connectivity index (χ3v) is 6.08. The number of amides is 1. The molecule has 5 rings (SSSR count). The number of aromatic nitrogens is 4. The smallest absolute Gasteiger partial charge is 0.279 e. The van der Waals surface area contributed by atoms with Crippen LogP contribution in [0.5, 0.6) is 0 Å². The van der Waals surface area contributed by atoms with Crippen molar-refractivity contribution in [3.05, 3.63) is 99.3 Å². The number of hydrogen-bond acceptors (Lipinski definition) is 4. The second kappa shape index (κ2) is 8.01. The van der Waals surface area contributed by atoms with Crippen LogP contribution in [0.15, 0.2) is 71.8 Å². The summed E-state index contributed by atoms with van der Waals surface area (Å²) in [5, 5.41) is 0.614. The number of benzene rings is 1. The molecule has 0 spiro atoms. The molecule has 1 aliphatic rings. The van der Waals surface area contributed by atoms with E-state index in [0.717, 1.165) is 11.3 Å². The number of rotatable bonds is 4. The van der Waals surface area contributed by atoms with Crippen LogP contribution in [0.2, 0.25) is 5.02 Å². The molecule has 8 heteroatoms. The van der Waals surface area contributed by atoms with Gasteiger partial charge >= 0.3 is 0 Å². The fourth-order valence-corrected chi connectivity index (χ4v) is 4.48. The first-order chi connectivity index (χ1) is 15.9. The molecular weight excluding hydrogens is 438 g/mol. The lowest BCUT2D eigenvalue weighted by Crippen LogP contribution is -2.31. The van der Waals surface area contributed by atoms with Gasteiger partial charge in [-0.05, 0) is 49.7 Å². The molecule has 7 nitrogen and oxygen atoms in total. The van der Waals surface area contributed by atoms with Gasteiger partial charge in [0.15, 0.2) is 11.5 Å². The van der Waals surface area contributed by atoms with Crippen LogP contribution in [0.1, 0.15) is 47.7 Å². The second-order valence-corrected chi connectivity index (χ2v) is 8.75. The Bertz CT molecular complexity index is 1410. The third-order valence-electron chi connectivity index (χ3n) is 5.83. The van der Waals surface area contributed by atoms with E-state index in [1.165, 1.54) is 10.6 Å². The molecule has 0 radical (unpaired) electrons. The van der Waals surface area contributed by atoms with Gasteiger partial charge in [0.1, 0.15) is 11.7 Å². The average Bonchev–Trinajstić information content (AvgIpc) is 3.32. The largest absolute Gasteiger partial charge is 0.321 e. The molecule has 0 saturated heterocycles. The van der Waals surface area contributed by atoms with E-state index in [2.05, 4.69) is 23.4 Å². The number of halogens is 1. The summed E-state index contributed by atoms with van der Waals surface area (Å²) in [5.74, 6) is 0.434. The van der Waals surface area contributed by atoms with Crippen molar-refractivity contribution in [1.29, 1.82) is 0 Å². The first-order valence-corrected chi connectivity index (χ1v) is 11.0. The molecule has 1 aliphatic heterocycles. The summed E-state index contributed by atoms with van der Waals surface area (Å²) < 4.78 is 3.55. The predicted molar refractivity (Wildman–Crippen MR) is 128 cm³/mol. The van der Waals surface area contributed by atoms with Gasteiger partial charge in [-0.3, -0.25) is 19.5 Å². The Hall–Kier alpha value is -3.71. The van der Waals surface area contributed by atoms with Crippen molar-refractivity contribution in [1.82, 2.24) is 19.1 Å². The monoisotopic (exact) mass is 459 g/mol. The van der Waals surface area contributed by atoms with Crippen LogP contribution in [0.25, 0.3) is 11.5 Å². The second-order valence-electron chi connectivity index (χ2n) is 8.31. The van der Waals surface area contributed by atoms with Crippen molar-refractivity contribution < 1.29 is 4.79 Å². The highest BCUT2D eigenvalue weighted by Gasteiger charge is 2.44. The van der Waals surface area contributed by atoms with Gasteiger partial charge in [-0.1, -0.05) is 29.8 Å². The Labute approximate surface area is 195 Å².